The number of imidazole rings is 1. The molecule has 2 N–H and O–H groups in total. The number of nitrogens with one attached hydrogen (secondary N) is 1. The molecule has 0 unspecified atom stereocenters. The minimum absolute atomic E-state index is 0.101. The minimum atomic E-state index is -0.257. The van der Waals surface area contributed by atoms with Crippen LogP contribution in [0.15, 0.2) is 59.7 Å². The zero-order valence-electron chi connectivity index (χ0n) is 16.1. The number of aromatic amines is 1. The van der Waals surface area contributed by atoms with Crippen LogP contribution in [-0.4, -0.2) is 24.6 Å². The molecule has 4 aromatic rings. The average molecular weight is 374 g/mol. The van der Waals surface area contributed by atoms with Crippen molar-refractivity contribution in [2.75, 3.05) is 0 Å². The summed E-state index contributed by atoms with van der Waals surface area (Å²) in [7, 11) is 0. The van der Waals surface area contributed by atoms with Gasteiger partial charge in [0.15, 0.2) is 11.2 Å². The van der Waals surface area contributed by atoms with Gasteiger partial charge in [0.05, 0.1) is 6.33 Å². The molecular formula is C22H22N4O2. The molecule has 0 spiro atoms. The Hall–Kier alpha value is -3.41. The molecule has 0 saturated carbocycles. The molecule has 28 heavy (non-hydrogen) atoms. The highest BCUT2D eigenvalue weighted by atomic mass is 16.3. The van der Waals surface area contributed by atoms with E-state index >= 15 is 0 Å². The Morgan fingerprint density at radius 1 is 1.11 bits per heavy atom. The number of aromatic nitrogens is 4. The summed E-state index contributed by atoms with van der Waals surface area (Å²) in [5.41, 5.74) is 3.64. The number of nitrogens with zero attached hydrogens (tertiary/aromatic N) is 3. The van der Waals surface area contributed by atoms with Crippen LogP contribution in [0, 0.1) is 0 Å². The van der Waals surface area contributed by atoms with E-state index in [4.69, 9.17) is 0 Å². The van der Waals surface area contributed by atoms with Gasteiger partial charge in [0.25, 0.3) is 5.56 Å². The summed E-state index contributed by atoms with van der Waals surface area (Å²) >= 11 is 0. The van der Waals surface area contributed by atoms with Crippen molar-refractivity contribution < 1.29 is 5.11 Å². The van der Waals surface area contributed by atoms with E-state index < -0.39 is 0 Å². The quantitative estimate of drug-likeness (QED) is 0.571. The van der Waals surface area contributed by atoms with Crippen LogP contribution in [0.3, 0.4) is 0 Å². The van der Waals surface area contributed by atoms with Crippen molar-refractivity contribution in [2.24, 2.45) is 0 Å². The van der Waals surface area contributed by atoms with Gasteiger partial charge in [0.1, 0.15) is 11.6 Å². The van der Waals surface area contributed by atoms with Gasteiger partial charge in [-0.3, -0.25) is 4.79 Å². The lowest BCUT2D eigenvalue weighted by molar-refractivity contribution is 0.475. The van der Waals surface area contributed by atoms with Gasteiger partial charge >= 0.3 is 0 Å². The minimum Gasteiger partial charge on any atom is -0.508 e. The number of aromatic hydroxyl groups is 1. The number of hydrogen-bond donors (Lipinski definition) is 2. The summed E-state index contributed by atoms with van der Waals surface area (Å²) in [5, 5.41) is 9.66. The molecule has 6 heteroatoms. The van der Waals surface area contributed by atoms with Gasteiger partial charge in [-0.2, -0.15) is 0 Å². The summed E-state index contributed by atoms with van der Waals surface area (Å²) in [5.74, 6) is 0.498. The predicted octanol–water partition coefficient (Wildman–Crippen LogP) is 3.84. The highest BCUT2D eigenvalue weighted by Crippen LogP contribution is 2.23. The van der Waals surface area contributed by atoms with Crippen LogP contribution in [0.2, 0.25) is 0 Å². The first-order valence-electron chi connectivity index (χ1n) is 9.15. The Balaban J connectivity index is 1.69. The van der Waals surface area contributed by atoms with Crippen molar-refractivity contribution in [1.82, 2.24) is 19.5 Å². The molecule has 2 heterocycles. The fraction of sp³-hybridized carbons (Fsp3) is 0.227. The van der Waals surface area contributed by atoms with E-state index in [9.17, 15) is 9.90 Å². The van der Waals surface area contributed by atoms with Crippen LogP contribution in [0.1, 0.15) is 31.9 Å². The Kier molecular flexibility index (Phi) is 4.26. The number of H-pyrrole nitrogens is 1. The zero-order valence-corrected chi connectivity index (χ0v) is 16.1. The van der Waals surface area contributed by atoms with Gasteiger partial charge in [-0.15, -0.1) is 0 Å². The van der Waals surface area contributed by atoms with E-state index in [1.54, 1.807) is 35.2 Å². The molecule has 4 rings (SSSR count). The van der Waals surface area contributed by atoms with Gasteiger partial charge in [-0.25, -0.2) is 9.97 Å². The smallest absolute Gasteiger partial charge is 0.277 e. The van der Waals surface area contributed by atoms with Crippen LogP contribution < -0.4 is 5.56 Å². The number of rotatable bonds is 3. The number of phenols is 1. The van der Waals surface area contributed by atoms with E-state index in [1.165, 1.54) is 5.56 Å². The summed E-state index contributed by atoms with van der Waals surface area (Å²) in [6, 6.07) is 15.0. The predicted molar refractivity (Wildman–Crippen MR) is 109 cm³/mol. The molecule has 0 fully saturated rings. The average Bonchev–Trinajstić information content (AvgIpc) is 3.05. The second-order valence-electron chi connectivity index (χ2n) is 7.96. The van der Waals surface area contributed by atoms with Crippen molar-refractivity contribution >= 4 is 11.2 Å². The molecule has 0 aliphatic carbocycles. The summed E-state index contributed by atoms with van der Waals surface area (Å²) in [6.45, 7) is 7.08. The summed E-state index contributed by atoms with van der Waals surface area (Å²) in [6.07, 6.45) is 1.64. The van der Waals surface area contributed by atoms with Gasteiger partial charge in [0, 0.05) is 12.1 Å². The fourth-order valence-corrected chi connectivity index (χ4v) is 3.20. The molecule has 2 aromatic carbocycles. The molecule has 0 aliphatic rings. The second-order valence-corrected chi connectivity index (χ2v) is 7.96. The lowest BCUT2D eigenvalue weighted by atomic mass is 9.87. The largest absolute Gasteiger partial charge is 0.508 e. The van der Waals surface area contributed by atoms with Crippen molar-refractivity contribution in [1.29, 1.82) is 0 Å². The first-order chi connectivity index (χ1) is 13.3. The second kappa shape index (κ2) is 6.64. The van der Waals surface area contributed by atoms with Crippen LogP contribution in [0.4, 0.5) is 0 Å². The Labute approximate surface area is 162 Å². The van der Waals surface area contributed by atoms with Crippen molar-refractivity contribution in [3.05, 3.63) is 76.3 Å². The summed E-state index contributed by atoms with van der Waals surface area (Å²) < 4.78 is 1.81. The Bertz CT molecular complexity index is 1200. The SMILES string of the molecule is CC(C)(C)c1ccc(Cn2cnc3nc(-c4cccc(O)c4)[nH]c(=O)c32)cc1. The van der Waals surface area contributed by atoms with E-state index in [0.717, 1.165) is 5.56 Å². The Morgan fingerprint density at radius 3 is 2.54 bits per heavy atom. The number of benzene rings is 2. The maximum absolute atomic E-state index is 12.7. The first kappa shape index (κ1) is 18.0. The molecule has 0 saturated heterocycles. The third kappa shape index (κ3) is 3.41. The monoisotopic (exact) mass is 374 g/mol. The van der Waals surface area contributed by atoms with E-state index in [1.807, 2.05) is 0 Å². The molecule has 6 nitrogen and oxygen atoms in total. The third-order valence-electron chi connectivity index (χ3n) is 4.78. The molecule has 142 valence electrons. The van der Waals surface area contributed by atoms with Crippen LogP contribution in [-0.2, 0) is 12.0 Å². The third-order valence-corrected chi connectivity index (χ3v) is 4.78. The first-order valence-corrected chi connectivity index (χ1v) is 9.15. The molecule has 0 bridgehead atoms. The maximum atomic E-state index is 12.7. The van der Waals surface area contributed by atoms with E-state index in [2.05, 4.69) is 60.0 Å². The molecule has 0 amide bonds. The molecule has 0 atom stereocenters. The maximum Gasteiger partial charge on any atom is 0.277 e. The standard InChI is InChI=1S/C22H22N4O2/c1-22(2,3)16-9-7-14(8-10-16)12-26-13-23-20-18(26)21(28)25-19(24-20)15-5-4-6-17(27)11-15/h4-11,13,27H,12H2,1-3H3,(H,24,25,28). The van der Waals surface area contributed by atoms with Gasteiger partial charge in [0.2, 0.25) is 0 Å². The Morgan fingerprint density at radius 2 is 1.86 bits per heavy atom. The van der Waals surface area contributed by atoms with Crippen molar-refractivity contribution in [2.45, 2.75) is 32.7 Å². The van der Waals surface area contributed by atoms with E-state index in [-0.39, 0.29) is 16.7 Å². The number of fused-ring (bicyclic) bond motifs is 1. The lowest BCUT2D eigenvalue weighted by Gasteiger charge is -2.19. The normalized spacial score (nSPS) is 11.8. The summed E-state index contributed by atoms with van der Waals surface area (Å²) in [4.78, 5) is 24.3. The molecule has 2 aromatic heterocycles. The van der Waals surface area contributed by atoms with Crippen molar-refractivity contribution in [3.8, 4) is 17.1 Å². The van der Waals surface area contributed by atoms with Crippen molar-refractivity contribution in [3.63, 3.8) is 0 Å². The number of phenolic OH excluding ortho intramolecular Hbond substituents is 1. The highest BCUT2D eigenvalue weighted by Gasteiger charge is 2.14. The molecule has 0 aliphatic heterocycles. The highest BCUT2D eigenvalue weighted by molar-refractivity contribution is 5.73. The van der Waals surface area contributed by atoms with Gasteiger partial charge in [-0.05, 0) is 28.7 Å². The van der Waals surface area contributed by atoms with Gasteiger partial charge in [-0.1, -0.05) is 57.2 Å². The van der Waals surface area contributed by atoms with Crippen LogP contribution >= 0.6 is 0 Å². The van der Waals surface area contributed by atoms with E-state index in [0.29, 0.717) is 29.1 Å². The molecular weight excluding hydrogens is 352 g/mol. The molecule has 0 radical (unpaired) electrons. The fourth-order valence-electron chi connectivity index (χ4n) is 3.20. The number of hydrogen-bond acceptors (Lipinski definition) is 4. The van der Waals surface area contributed by atoms with Crippen LogP contribution in [0.25, 0.3) is 22.6 Å². The zero-order chi connectivity index (χ0) is 19.9. The lowest BCUT2D eigenvalue weighted by Crippen LogP contribution is -2.14. The van der Waals surface area contributed by atoms with Gasteiger partial charge < -0.3 is 14.7 Å². The van der Waals surface area contributed by atoms with Crippen LogP contribution in [0.5, 0.6) is 5.75 Å². The topological polar surface area (TPSA) is 83.8 Å².